The molecule has 0 aliphatic carbocycles. The Labute approximate surface area is 105 Å². The molecule has 17 heavy (non-hydrogen) atoms. The molecule has 1 aromatic rings. The first kappa shape index (κ1) is 14.0. The molecule has 0 fully saturated rings. The van der Waals surface area contributed by atoms with Gasteiger partial charge in [0.15, 0.2) is 0 Å². The Hall–Kier alpha value is -1.11. The normalized spacial score (nSPS) is 11.2. The Morgan fingerprint density at radius 3 is 2.35 bits per heavy atom. The number of rotatable bonds is 5. The molecule has 0 aliphatic heterocycles. The molecule has 0 heterocycles. The molecule has 0 saturated heterocycles. The average molecular weight is 277 g/mol. The van der Waals surface area contributed by atoms with Crippen LogP contribution in [0.5, 0.6) is 0 Å². The monoisotopic (exact) mass is 276 g/mol. The molecule has 5 nitrogen and oxygen atoms in total. The lowest BCUT2D eigenvalue weighted by Crippen LogP contribution is -2.23. The van der Waals surface area contributed by atoms with Crippen molar-refractivity contribution in [3.8, 4) is 0 Å². The van der Waals surface area contributed by atoms with Gasteiger partial charge >= 0.3 is 0 Å². The number of anilines is 1. The van der Waals surface area contributed by atoms with Gasteiger partial charge in [0.2, 0.25) is 15.9 Å². The predicted molar refractivity (Wildman–Crippen MR) is 67.2 cm³/mol. The molecule has 2 N–H and O–H groups in total. The molecule has 0 atom stereocenters. The highest BCUT2D eigenvalue weighted by Gasteiger charge is 2.06. The van der Waals surface area contributed by atoms with Gasteiger partial charge in [0.05, 0.1) is 0 Å². The van der Waals surface area contributed by atoms with E-state index in [2.05, 4.69) is 10.0 Å². The summed E-state index contributed by atoms with van der Waals surface area (Å²) >= 11 is 5.24. The number of halogens is 1. The van der Waals surface area contributed by atoms with Gasteiger partial charge in [-0.25, -0.2) is 13.1 Å². The number of sulfonamides is 1. The highest BCUT2D eigenvalue weighted by atomic mass is 35.5. The number of carbonyl (C=O) groups is 1. The van der Waals surface area contributed by atoms with Gasteiger partial charge in [0.25, 0.3) is 0 Å². The zero-order chi connectivity index (χ0) is 12.9. The number of hydrogen-bond acceptors (Lipinski definition) is 3. The van der Waals surface area contributed by atoms with Crippen molar-refractivity contribution in [2.75, 3.05) is 10.5 Å². The summed E-state index contributed by atoms with van der Waals surface area (Å²) in [4.78, 5) is 10.8. The molecule has 0 aliphatic rings. The van der Waals surface area contributed by atoms with Crippen LogP contribution < -0.4 is 10.0 Å². The van der Waals surface area contributed by atoms with Crippen molar-refractivity contribution >= 4 is 33.2 Å². The van der Waals surface area contributed by atoms with Crippen LogP contribution in [-0.4, -0.2) is 19.5 Å². The van der Waals surface area contributed by atoms with E-state index in [-0.39, 0.29) is 12.5 Å². The molecule has 0 aromatic heterocycles. The van der Waals surface area contributed by atoms with Crippen LogP contribution in [0.2, 0.25) is 0 Å². The van der Waals surface area contributed by atoms with Crippen LogP contribution in [0.15, 0.2) is 24.3 Å². The molecule has 0 spiro atoms. The van der Waals surface area contributed by atoms with Crippen molar-refractivity contribution in [3.63, 3.8) is 0 Å². The third-order valence-electron chi connectivity index (χ3n) is 1.91. The van der Waals surface area contributed by atoms with Crippen molar-refractivity contribution in [1.82, 2.24) is 4.72 Å². The molecule has 0 unspecified atom stereocenters. The maximum Gasteiger partial charge on any atom is 0.225 e. The van der Waals surface area contributed by atoms with E-state index in [0.717, 1.165) is 5.56 Å². The molecule has 1 aromatic carbocycles. The van der Waals surface area contributed by atoms with E-state index in [0.29, 0.717) is 5.69 Å². The average Bonchev–Trinajstić information content (AvgIpc) is 2.28. The van der Waals surface area contributed by atoms with Crippen LogP contribution in [0.4, 0.5) is 5.69 Å². The number of amides is 1. The molecule has 0 radical (unpaired) electrons. The Balaban J connectivity index is 2.60. The summed E-state index contributed by atoms with van der Waals surface area (Å²) in [6, 6.07) is 6.85. The number of carbonyl (C=O) groups excluding carboxylic acids is 1. The fourth-order valence-corrected chi connectivity index (χ4v) is 1.84. The van der Waals surface area contributed by atoms with Gasteiger partial charge in [-0.15, -0.1) is 11.6 Å². The first-order valence-electron chi connectivity index (χ1n) is 4.83. The second-order valence-corrected chi connectivity index (χ2v) is 5.81. The first-order valence-corrected chi connectivity index (χ1v) is 7.01. The fraction of sp³-hybridized carbons (Fsp3) is 0.300. The summed E-state index contributed by atoms with van der Waals surface area (Å²) in [6.45, 7) is 1.60. The van der Waals surface area contributed by atoms with Gasteiger partial charge in [0.1, 0.15) is 5.21 Å². The quantitative estimate of drug-likeness (QED) is 0.795. The van der Waals surface area contributed by atoms with E-state index in [9.17, 15) is 13.2 Å². The smallest absolute Gasteiger partial charge is 0.225 e. The van der Waals surface area contributed by atoms with Crippen LogP contribution >= 0.6 is 11.6 Å². The predicted octanol–water partition coefficient (Wildman–Crippen LogP) is 1.26. The van der Waals surface area contributed by atoms with Crippen molar-refractivity contribution < 1.29 is 13.2 Å². The van der Waals surface area contributed by atoms with E-state index < -0.39 is 15.2 Å². The fourth-order valence-electron chi connectivity index (χ4n) is 1.14. The third-order valence-corrected chi connectivity index (χ3v) is 3.65. The minimum absolute atomic E-state index is 0.152. The highest BCUT2D eigenvalue weighted by molar-refractivity contribution is 7.90. The van der Waals surface area contributed by atoms with Crippen LogP contribution in [-0.2, 0) is 21.4 Å². The number of hydrogen-bond donors (Lipinski definition) is 2. The molecule has 1 amide bonds. The highest BCUT2D eigenvalue weighted by Crippen LogP contribution is 2.09. The molecule has 7 heteroatoms. The lowest BCUT2D eigenvalue weighted by atomic mass is 10.2. The molecule has 94 valence electrons. The first-order chi connectivity index (χ1) is 7.93. The zero-order valence-electron chi connectivity index (χ0n) is 9.23. The minimum Gasteiger partial charge on any atom is -0.326 e. The van der Waals surface area contributed by atoms with Gasteiger partial charge in [-0.05, 0) is 17.7 Å². The molecule has 1 rings (SSSR count). The van der Waals surface area contributed by atoms with E-state index in [4.69, 9.17) is 11.6 Å². The Morgan fingerprint density at radius 1 is 1.29 bits per heavy atom. The summed E-state index contributed by atoms with van der Waals surface area (Å²) in [7, 11) is -3.40. The number of nitrogens with one attached hydrogen (secondary N) is 2. The zero-order valence-corrected chi connectivity index (χ0v) is 10.8. The SMILES string of the molecule is CC(=O)Nc1ccc(CNS(=O)(=O)CCl)cc1. The summed E-state index contributed by atoms with van der Waals surface area (Å²) in [5, 5.41) is 2.16. The lowest BCUT2D eigenvalue weighted by Gasteiger charge is -2.05. The van der Waals surface area contributed by atoms with Crippen LogP contribution in [0, 0.1) is 0 Å². The summed E-state index contributed by atoms with van der Waals surface area (Å²) in [6.07, 6.45) is 0. The van der Waals surface area contributed by atoms with E-state index in [1.807, 2.05) is 0 Å². The number of benzene rings is 1. The lowest BCUT2D eigenvalue weighted by molar-refractivity contribution is -0.114. The molecule has 0 bridgehead atoms. The van der Waals surface area contributed by atoms with Crippen molar-refractivity contribution in [1.29, 1.82) is 0 Å². The van der Waals surface area contributed by atoms with Crippen LogP contribution in [0.25, 0.3) is 0 Å². The van der Waals surface area contributed by atoms with Crippen LogP contribution in [0.1, 0.15) is 12.5 Å². The van der Waals surface area contributed by atoms with Gasteiger partial charge in [-0.1, -0.05) is 12.1 Å². The maximum atomic E-state index is 11.1. The molecule has 0 saturated carbocycles. The van der Waals surface area contributed by atoms with Crippen LogP contribution in [0.3, 0.4) is 0 Å². The molecular formula is C10H13ClN2O3S. The van der Waals surface area contributed by atoms with Gasteiger partial charge < -0.3 is 5.32 Å². The van der Waals surface area contributed by atoms with Gasteiger partial charge in [0, 0.05) is 19.2 Å². The summed E-state index contributed by atoms with van der Waals surface area (Å²) in [5.41, 5.74) is 1.45. The standard InChI is InChI=1S/C10H13ClN2O3S/c1-8(14)13-10-4-2-9(3-5-10)6-12-17(15,16)7-11/h2-5,12H,6-7H2,1H3,(H,13,14). The van der Waals surface area contributed by atoms with E-state index in [1.165, 1.54) is 6.92 Å². The van der Waals surface area contributed by atoms with Crippen molar-refractivity contribution in [3.05, 3.63) is 29.8 Å². The summed E-state index contributed by atoms with van der Waals surface area (Å²) < 4.78 is 24.5. The molecular weight excluding hydrogens is 264 g/mol. The Morgan fingerprint density at radius 2 is 1.88 bits per heavy atom. The maximum absolute atomic E-state index is 11.1. The van der Waals surface area contributed by atoms with Gasteiger partial charge in [-0.2, -0.15) is 0 Å². The number of alkyl halides is 1. The second kappa shape index (κ2) is 6.00. The Bertz CT molecular complexity index is 485. The second-order valence-electron chi connectivity index (χ2n) is 3.42. The topological polar surface area (TPSA) is 75.3 Å². The van der Waals surface area contributed by atoms with E-state index in [1.54, 1.807) is 24.3 Å². The minimum atomic E-state index is -3.40. The van der Waals surface area contributed by atoms with Crippen molar-refractivity contribution in [2.45, 2.75) is 13.5 Å². The Kier molecular flexibility index (Phi) is 4.92. The summed E-state index contributed by atoms with van der Waals surface area (Å²) in [5.74, 6) is -0.152. The largest absolute Gasteiger partial charge is 0.326 e. The van der Waals surface area contributed by atoms with E-state index >= 15 is 0 Å². The van der Waals surface area contributed by atoms with Crippen molar-refractivity contribution in [2.24, 2.45) is 0 Å². The third kappa shape index (κ3) is 5.16. The van der Waals surface area contributed by atoms with Gasteiger partial charge in [-0.3, -0.25) is 4.79 Å².